The smallest absolute Gasteiger partial charge is 0.243 e. The van der Waals surface area contributed by atoms with E-state index in [0.29, 0.717) is 6.61 Å². The molecule has 0 aliphatic carbocycles. The zero-order valence-electron chi connectivity index (χ0n) is 10.0. The first-order chi connectivity index (χ1) is 8.29. The average Bonchev–Trinajstić information content (AvgIpc) is 2.33. The summed E-state index contributed by atoms with van der Waals surface area (Å²) in [5.74, 6) is -0.422. The third kappa shape index (κ3) is 7.49. The second-order valence-corrected chi connectivity index (χ2v) is 3.86. The van der Waals surface area contributed by atoms with Gasteiger partial charge in [-0.1, -0.05) is 30.3 Å². The van der Waals surface area contributed by atoms with E-state index in [1.807, 2.05) is 6.07 Å². The molecular formula is C13H20N2O2. The predicted octanol–water partition coefficient (Wildman–Crippen LogP) is 0.711. The second kappa shape index (κ2) is 8.73. The molecule has 1 aromatic rings. The molecule has 3 N–H and O–H groups in total. The fourth-order valence-corrected chi connectivity index (χ4v) is 1.50. The van der Waals surface area contributed by atoms with E-state index in [2.05, 4.69) is 29.6 Å². The molecule has 17 heavy (non-hydrogen) atoms. The van der Waals surface area contributed by atoms with Crippen LogP contribution in [0.1, 0.15) is 12.0 Å². The molecule has 0 unspecified atom stereocenters. The lowest BCUT2D eigenvalue weighted by molar-refractivity contribution is -0.122. The van der Waals surface area contributed by atoms with Crippen LogP contribution in [0.2, 0.25) is 0 Å². The Morgan fingerprint density at radius 1 is 1.24 bits per heavy atom. The fourth-order valence-electron chi connectivity index (χ4n) is 1.50. The summed E-state index contributed by atoms with van der Waals surface area (Å²) in [6, 6.07) is 10.4. The van der Waals surface area contributed by atoms with E-state index in [-0.39, 0.29) is 6.61 Å². The number of ether oxygens (including phenoxy) is 1. The summed E-state index contributed by atoms with van der Waals surface area (Å²) in [5, 5.41) is 3.25. The summed E-state index contributed by atoms with van der Waals surface area (Å²) in [5.41, 5.74) is 6.30. The van der Waals surface area contributed by atoms with Crippen molar-refractivity contribution in [2.45, 2.75) is 12.8 Å². The molecule has 0 aromatic heterocycles. The van der Waals surface area contributed by atoms with Gasteiger partial charge in [-0.3, -0.25) is 4.79 Å². The maximum absolute atomic E-state index is 10.4. The van der Waals surface area contributed by atoms with Crippen molar-refractivity contribution in [3.63, 3.8) is 0 Å². The van der Waals surface area contributed by atoms with E-state index in [4.69, 9.17) is 10.5 Å². The molecule has 4 heteroatoms. The molecule has 0 atom stereocenters. The predicted molar refractivity (Wildman–Crippen MR) is 67.6 cm³/mol. The van der Waals surface area contributed by atoms with Crippen molar-refractivity contribution in [2.24, 2.45) is 5.73 Å². The topological polar surface area (TPSA) is 64.4 Å². The van der Waals surface area contributed by atoms with Crippen molar-refractivity contribution in [2.75, 3.05) is 26.3 Å². The van der Waals surface area contributed by atoms with Crippen molar-refractivity contribution in [1.29, 1.82) is 0 Å². The fraction of sp³-hybridized carbons (Fsp3) is 0.462. The molecule has 0 saturated heterocycles. The molecule has 1 rings (SSSR count). The van der Waals surface area contributed by atoms with E-state index >= 15 is 0 Å². The van der Waals surface area contributed by atoms with Crippen molar-refractivity contribution in [3.8, 4) is 0 Å². The standard InChI is InChI=1S/C13H20N2O2/c14-13(16)11-17-10-9-15-8-4-7-12-5-2-1-3-6-12/h1-3,5-6,15H,4,7-11H2,(H2,14,16). The number of aryl methyl sites for hydroxylation is 1. The van der Waals surface area contributed by atoms with Crippen molar-refractivity contribution in [1.82, 2.24) is 5.32 Å². The van der Waals surface area contributed by atoms with Crippen LogP contribution >= 0.6 is 0 Å². The Balaban J connectivity index is 1.90. The summed E-state index contributed by atoms with van der Waals surface area (Å²) in [7, 11) is 0. The van der Waals surface area contributed by atoms with Gasteiger partial charge in [0.15, 0.2) is 0 Å². The summed E-state index contributed by atoms with van der Waals surface area (Å²) in [4.78, 5) is 10.4. The molecular weight excluding hydrogens is 216 g/mol. The van der Waals surface area contributed by atoms with Crippen LogP contribution in [0.3, 0.4) is 0 Å². The number of primary amides is 1. The van der Waals surface area contributed by atoms with Crippen LogP contribution in [0.15, 0.2) is 30.3 Å². The van der Waals surface area contributed by atoms with Crippen molar-refractivity contribution < 1.29 is 9.53 Å². The largest absolute Gasteiger partial charge is 0.370 e. The van der Waals surface area contributed by atoms with E-state index in [0.717, 1.165) is 25.9 Å². The highest BCUT2D eigenvalue weighted by Gasteiger charge is 1.94. The van der Waals surface area contributed by atoms with Crippen LogP contribution in [0.5, 0.6) is 0 Å². The quantitative estimate of drug-likeness (QED) is 0.621. The molecule has 0 heterocycles. The molecule has 0 fully saturated rings. The van der Waals surface area contributed by atoms with Crippen LogP contribution in [-0.2, 0) is 16.0 Å². The van der Waals surface area contributed by atoms with Crippen LogP contribution in [0.25, 0.3) is 0 Å². The molecule has 0 aliphatic rings. The molecule has 94 valence electrons. The minimum atomic E-state index is -0.422. The van der Waals surface area contributed by atoms with Crippen LogP contribution in [0, 0.1) is 0 Å². The molecule has 0 spiro atoms. The lowest BCUT2D eigenvalue weighted by atomic mass is 10.1. The highest BCUT2D eigenvalue weighted by molar-refractivity contribution is 5.74. The van der Waals surface area contributed by atoms with Crippen LogP contribution < -0.4 is 11.1 Å². The first-order valence-electron chi connectivity index (χ1n) is 5.90. The zero-order valence-corrected chi connectivity index (χ0v) is 10.0. The first-order valence-corrected chi connectivity index (χ1v) is 5.90. The number of carbonyl (C=O) groups excluding carboxylic acids is 1. The van der Waals surface area contributed by atoms with Gasteiger partial charge >= 0.3 is 0 Å². The maximum Gasteiger partial charge on any atom is 0.243 e. The number of hydrogen-bond donors (Lipinski definition) is 2. The lowest BCUT2D eigenvalue weighted by Crippen LogP contribution is -2.24. The summed E-state index contributed by atoms with van der Waals surface area (Å²) < 4.78 is 5.02. The molecule has 1 amide bonds. The number of nitrogens with one attached hydrogen (secondary N) is 1. The maximum atomic E-state index is 10.4. The molecule has 0 radical (unpaired) electrons. The Labute approximate surface area is 102 Å². The molecule has 0 bridgehead atoms. The van der Waals surface area contributed by atoms with Gasteiger partial charge in [0.1, 0.15) is 6.61 Å². The van der Waals surface area contributed by atoms with Crippen LogP contribution in [-0.4, -0.2) is 32.2 Å². The van der Waals surface area contributed by atoms with E-state index in [1.165, 1.54) is 5.56 Å². The SMILES string of the molecule is NC(=O)COCCNCCCc1ccccc1. The van der Waals surface area contributed by atoms with Gasteiger partial charge < -0.3 is 15.8 Å². The normalized spacial score (nSPS) is 10.4. The Morgan fingerprint density at radius 3 is 2.71 bits per heavy atom. The van der Waals surface area contributed by atoms with Gasteiger partial charge in [-0.25, -0.2) is 0 Å². The van der Waals surface area contributed by atoms with Gasteiger partial charge in [-0.2, -0.15) is 0 Å². The summed E-state index contributed by atoms with van der Waals surface area (Å²) >= 11 is 0. The lowest BCUT2D eigenvalue weighted by Gasteiger charge is -2.05. The third-order valence-corrected chi connectivity index (χ3v) is 2.33. The minimum absolute atomic E-state index is 0.00565. The van der Waals surface area contributed by atoms with Gasteiger partial charge in [-0.05, 0) is 24.9 Å². The van der Waals surface area contributed by atoms with Gasteiger partial charge in [-0.15, -0.1) is 0 Å². The Bertz CT molecular complexity index is 314. The van der Waals surface area contributed by atoms with Crippen LogP contribution in [0.4, 0.5) is 0 Å². The monoisotopic (exact) mass is 236 g/mol. The number of nitrogens with two attached hydrogens (primary N) is 1. The first kappa shape index (κ1) is 13.7. The minimum Gasteiger partial charge on any atom is -0.370 e. The number of amides is 1. The zero-order chi connectivity index (χ0) is 12.3. The number of carbonyl (C=O) groups is 1. The summed E-state index contributed by atoms with van der Waals surface area (Å²) in [6.45, 7) is 2.23. The Hall–Kier alpha value is -1.39. The van der Waals surface area contributed by atoms with Gasteiger partial charge in [0.2, 0.25) is 5.91 Å². The molecule has 0 aliphatic heterocycles. The summed E-state index contributed by atoms with van der Waals surface area (Å²) in [6.07, 6.45) is 2.18. The Kier molecular flexibility index (Phi) is 7.02. The number of rotatable bonds is 9. The van der Waals surface area contributed by atoms with Gasteiger partial charge in [0.05, 0.1) is 6.61 Å². The van der Waals surface area contributed by atoms with E-state index in [9.17, 15) is 4.79 Å². The molecule has 4 nitrogen and oxygen atoms in total. The highest BCUT2D eigenvalue weighted by Crippen LogP contribution is 2.01. The van der Waals surface area contributed by atoms with E-state index in [1.54, 1.807) is 0 Å². The molecule has 1 aromatic carbocycles. The van der Waals surface area contributed by atoms with Crippen molar-refractivity contribution in [3.05, 3.63) is 35.9 Å². The van der Waals surface area contributed by atoms with Gasteiger partial charge in [0.25, 0.3) is 0 Å². The van der Waals surface area contributed by atoms with Crippen molar-refractivity contribution >= 4 is 5.91 Å². The van der Waals surface area contributed by atoms with E-state index < -0.39 is 5.91 Å². The highest BCUT2D eigenvalue weighted by atomic mass is 16.5. The van der Waals surface area contributed by atoms with Gasteiger partial charge in [0, 0.05) is 6.54 Å². The number of benzene rings is 1. The third-order valence-electron chi connectivity index (χ3n) is 2.33. The average molecular weight is 236 g/mol. The molecule has 0 saturated carbocycles. The Morgan fingerprint density at radius 2 is 2.00 bits per heavy atom. The second-order valence-electron chi connectivity index (χ2n) is 3.86. The number of hydrogen-bond acceptors (Lipinski definition) is 3.